The van der Waals surface area contributed by atoms with Crippen molar-refractivity contribution in [3.05, 3.63) is 53.2 Å². The molecule has 0 saturated carbocycles. The Balaban J connectivity index is 1.70. The number of pyridine rings is 1. The largest absolute Gasteiger partial charge is 0.507 e. The summed E-state index contributed by atoms with van der Waals surface area (Å²) in [6, 6.07) is 7.38. The van der Waals surface area contributed by atoms with Crippen LogP contribution in [-0.4, -0.2) is 76.5 Å². The Kier molecular flexibility index (Phi) is 6.88. The van der Waals surface area contributed by atoms with Crippen LogP contribution in [0.5, 0.6) is 5.75 Å². The van der Waals surface area contributed by atoms with Gasteiger partial charge < -0.3 is 35.2 Å². The first kappa shape index (κ1) is 21.6. The van der Waals surface area contributed by atoms with Crippen LogP contribution in [0.3, 0.4) is 0 Å². The van der Waals surface area contributed by atoms with E-state index in [2.05, 4.69) is 10.3 Å². The summed E-state index contributed by atoms with van der Waals surface area (Å²) in [4.78, 5) is 30.0. The zero-order valence-electron chi connectivity index (χ0n) is 16.1. The number of rotatable bonds is 7. The van der Waals surface area contributed by atoms with Crippen molar-refractivity contribution >= 4 is 24.8 Å². The third-order valence-corrected chi connectivity index (χ3v) is 4.81. The molecule has 10 nitrogen and oxygen atoms in total. The highest BCUT2D eigenvalue weighted by Gasteiger charge is 2.28. The van der Waals surface area contributed by atoms with Crippen molar-refractivity contribution in [3.63, 3.8) is 0 Å². The third-order valence-electron chi connectivity index (χ3n) is 4.81. The molecule has 1 aromatic heterocycles. The summed E-state index contributed by atoms with van der Waals surface area (Å²) in [6.07, 6.45) is 1.21. The van der Waals surface area contributed by atoms with Crippen molar-refractivity contribution in [1.29, 1.82) is 0 Å². The predicted octanol–water partition coefficient (Wildman–Crippen LogP) is -0.325. The van der Waals surface area contributed by atoms with Gasteiger partial charge in [0.15, 0.2) is 0 Å². The minimum atomic E-state index is -1.93. The van der Waals surface area contributed by atoms with Crippen LogP contribution in [0.4, 0.5) is 5.82 Å². The number of phenols is 1. The highest BCUT2D eigenvalue weighted by atomic mass is 16.5. The molecule has 1 aliphatic rings. The van der Waals surface area contributed by atoms with Crippen LogP contribution in [-0.2, 0) is 11.2 Å². The lowest BCUT2D eigenvalue weighted by Gasteiger charge is -2.27. The first-order valence-electron chi connectivity index (χ1n) is 9.36. The molecule has 1 unspecified atom stereocenters. The number of hydrogen-bond donors (Lipinski definition) is 5. The van der Waals surface area contributed by atoms with E-state index in [-0.39, 0.29) is 23.1 Å². The van der Waals surface area contributed by atoms with E-state index in [0.717, 1.165) is 0 Å². The molecule has 1 fully saturated rings. The number of anilines is 1. The number of carbonyl (C=O) groups excluding carboxylic acids is 1. The maximum Gasteiger partial charge on any atom is 0.475 e. The number of morpholine rings is 1. The zero-order valence-corrected chi connectivity index (χ0v) is 16.1. The molecular weight excluding hydrogens is 393 g/mol. The number of carboxylic acid groups (broad SMARTS) is 1. The number of nitrogens with zero attached hydrogens (tertiary/aromatic N) is 2. The number of carboxylic acids is 1. The van der Waals surface area contributed by atoms with Gasteiger partial charge in [-0.05, 0) is 30.2 Å². The Hall–Kier alpha value is -3.15. The molecule has 2 heterocycles. The van der Waals surface area contributed by atoms with Crippen LogP contribution in [0.1, 0.15) is 26.3 Å². The molecular formula is C19H22BN3O7. The van der Waals surface area contributed by atoms with E-state index in [1.807, 2.05) is 4.90 Å². The molecule has 30 heavy (non-hydrogen) atoms. The number of benzene rings is 1. The minimum Gasteiger partial charge on any atom is -0.507 e. The van der Waals surface area contributed by atoms with Crippen molar-refractivity contribution < 1.29 is 34.6 Å². The smallest absolute Gasteiger partial charge is 0.475 e. The molecule has 158 valence electrons. The normalized spacial score (nSPS) is 14.8. The third kappa shape index (κ3) is 5.06. The first-order chi connectivity index (χ1) is 14.4. The maximum atomic E-state index is 12.5. The van der Waals surface area contributed by atoms with Crippen LogP contribution >= 0.6 is 0 Å². The van der Waals surface area contributed by atoms with Gasteiger partial charge in [0.2, 0.25) is 0 Å². The Morgan fingerprint density at radius 3 is 2.53 bits per heavy atom. The number of nitrogens with one attached hydrogen (secondary N) is 1. The maximum absolute atomic E-state index is 12.5. The summed E-state index contributed by atoms with van der Waals surface area (Å²) in [7, 11) is -1.93. The van der Waals surface area contributed by atoms with Gasteiger partial charge in [-0.3, -0.25) is 4.79 Å². The van der Waals surface area contributed by atoms with Gasteiger partial charge in [-0.15, -0.1) is 0 Å². The molecule has 11 heteroatoms. The predicted molar refractivity (Wildman–Crippen MR) is 107 cm³/mol. The SMILES string of the molecule is O=C(NC(Cc1cccc(C(=O)O)c1O)B(O)O)c1ccc(N2CCOCC2)nc1. The second-order valence-electron chi connectivity index (χ2n) is 6.82. The van der Waals surface area contributed by atoms with Crippen LogP contribution < -0.4 is 10.2 Å². The lowest BCUT2D eigenvalue weighted by Crippen LogP contribution is -2.48. The average molecular weight is 415 g/mol. The Morgan fingerprint density at radius 2 is 1.93 bits per heavy atom. The molecule has 3 rings (SSSR count). The number of carbonyl (C=O) groups is 2. The van der Waals surface area contributed by atoms with Gasteiger partial charge in [0.1, 0.15) is 17.1 Å². The van der Waals surface area contributed by atoms with E-state index in [9.17, 15) is 24.7 Å². The molecule has 1 atom stereocenters. The molecule has 0 bridgehead atoms. The van der Waals surface area contributed by atoms with Crippen LogP contribution in [0.15, 0.2) is 36.5 Å². The molecule has 1 aliphatic heterocycles. The van der Waals surface area contributed by atoms with Gasteiger partial charge in [-0.2, -0.15) is 0 Å². The molecule has 0 aliphatic carbocycles. The minimum absolute atomic E-state index is 0.161. The molecule has 2 aromatic rings. The van der Waals surface area contributed by atoms with Gasteiger partial charge in [-0.25, -0.2) is 9.78 Å². The summed E-state index contributed by atoms with van der Waals surface area (Å²) in [5.41, 5.74) is 0.0724. The standard InChI is InChI=1S/C19H22BN3O7/c24-17-12(2-1-3-14(17)19(26)27)10-15(20(28)29)22-18(25)13-4-5-16(21-11-13)23-6-8-30-9-7-23/h1-5,11,15,24,28-29H,6-10H2,(H,22,25)(H,26,27). The number of aromatic nitrogens is 1. The summed E-state index contributed by atoms with van der Waals surface area (Å²) in [6.45, 7) is 2.62. The first-order valence-corrected chi connectivity index (χ1v) is 9.36. The topological polar surface area (TPSA) is 152 Å². The van der Waals surface area contributed by atoms with Crippen molar-refractivity contribution in [2.45, 2.75) is 12.4 Å². The zero-order chi connectivity index (χ0) is 21.7. The molecule has 1 saturated heterocycles. The van der Waals surface area contributed by atoms with Crippen LogP contribution in [0.2, 0.25) is 0 Å². The van der Waals surface area contributed by atoms with E-state index in [1.54, 1.807) is 12.1 Å². The van der Waals surface area contributed by atoms with E-state index >= 15 is 0 Å². The molecule has 0 radical (unpaired) electrons. The van der Waals surface area contributed by atoms with E-state index in [0.29, 0.717) is 32.1 Å². The fraction of sp³-hybridized carbons (Fsp3) is 0.316. The van der Waals surface area contributed by atoms with Crippen molar-refractivity contribution in [3.8, 4) is 5.75 Å². The second-order valence-corrected chi connectivity index (χ2v) is 6.82. The molecule has 0 spiro atoms. The van der Waals surface area contributed by atoms with E-state index < -0.39 is 30.7 Å². The van der Waals surface area contributed by atoms with Crippen molar-refractivity contribution in [2.75, 3.05) is 31.2 Å². The molecule has 1 aromatic carbocycles. The molecule has 1 amide bonds. The average Bonchev–Trinajstić information content (AvgIpc) is 2.75. The summed E-state index contributed by atoms with van der Waals surface area (Å²) in [5.74, 6) is -2.84. The van der Waals surface area contributed by atoms with Crippen molar-refractivity contribution in [2.24, 2.45) is 0 Å². The number of aromatic carboxylic acids is 1. The highest BCUT2D eigenvalue weighted by molar-refractivity contribution is 6.43. The lowest BCUT2D eigenvalue weighted by atomic mass is 9.75. The van der Waals surface area contributed by atoms with E-state index in [1.165, 1.54) is 24.4 Å². The number of hydrogen-bond acceptors (Lipinski definition) is 8. The number of aromatic hydroxyl groups is 1. The number of ether oxygens (including phenoxy) is 1. The second kappa shape index (κ2) is 9.57. The van der Waals surface area contributed by atoms with E-state index in [4.69, 9.17) is 9.84 Å². The van der Waals surface area contributed by atoms with Gasteiger partial charge >= 0.3 is 13.1 Å². The van der Waals surface area contributed by atoms with Crippen LogP contribution in [0.25, 0.3) is 0 Å². The Morgan fingerprint density at radius 1 is 1.20 bits per heavy atom. The lowest BCUT2D eigenvalue weighted by molar-refractivity contribution is 0.0693. The van der Waals surface area contributed by atoms with Crippen LogP contribution in [0, 0.1) is 0 Å². The fourth-order valence-electron chi connectivity index (χ4n) is 3.15. The van der Waals surface area contributed by atoms with Gasteiger partial charge in [-0.1, -0.05) is 12.1 Å². The summed E-state index contributed by atoms with van der Waals surface area (Å²) >= 11 is 0. The number of para-hydroxylation sites is 1. The summed E-state index contributed by atoms with van der Waals surface area (Å²) < 4.78 is 5.30. The number of amides is 1. The van der Waals surface area contributed by atoms with Gasteiger partial charge in [0, 0.05) is 19.3 Å². The Labute approximate surface area is 172 Å². The van der Waals surface area contributed by atoms with Gasteiger partial charge in [0.25, 0.3) is 5.91 Å². The molecule has 5 N–H and O–H groups in total. The quantitative estimate of drug-likeness (QED) is 0.383. The van der Waals surface area contributed by atoms with Crippen molar-refractivity contribution in [1.82, 2.24) is 10.3 Å². The fourth-order valence-corrected chi connectivity index (χ4v) is 3.15. The monoisotopic (exact) mass is 415 g/mol. The highest BCUT2D eigenvalue weighted by Crippen LogP contribution is 2.24. The Bertz CT molecular complexity index is 902. The summed E-state index contributed by atoms with van der Waals surface area (Å²) in [5, 5.41) is 41.0. The van der Waals surface area contributed by atoms with Gasteiger partial charge in [0.05, 0.1) is 24.7 Å².